The monoisotopic (exact) mass is 406 g/mol. The fourth-order valence-electron chi connectivity index (χ4n) is 5.27. The van der Waals surface area contributed by atoms with Gasteiger partial charge in [-0.25, -0.2) is 4.79 Å². The van der Waals surface area contributed by atoms with Crippen LogP contribution in [-0.2, 0) is 11.8 Å². The first-order valence-electron chi connectivity index (χ1n) is 10.4. The molecule has 0 radical (unpaired) electrons. The molecule has 30 heavy (non-hydrogen) atoms. The highest BCUT2D eigenvalue weighted by Crippen LogP contribution is 2.47. The molecule has 2 aliphatic rings. The maximum absolute atomic E-state index is 13.2. The van der Waals surface area contributed by atoms with Crippen molar-refractivity contribution in [2.45, 2.75) is 37.3 Å². The highest BCUT2D eigenvalue weighted by Gasteiger charge is 2.52. The third-order valence-corrected chi connectivity index (χ3v) is 6.88. The van der Waals surface area contributed by atoms with Gasteiger partial charge in [0.15, 0.2) is 0 Å². The number of phenols is 1. The molecule has 0 aromatic heterocycles. The minimum atomic E-state index is -0.211. The van der Waals surface area contributed by atoms with Gasteiger partial charge in [0.1, 0.15) is 5.75 Å². The summed E-state index contributed by atoms with van der Waals surface area (Å²) in [4.78, 5) is 21.4. The summed E-state index contributed by atoms with van der Waals surface area (Å²) < 4.78 is 0. The zero-order valence-electron chi connectivity index (χ0n) is 18.1. The molecule has 1 heterocycles. The van der Waals surface area contributed by atoms with Crippen molar-refractivity contribution in [3.8, 4) is 5.75 Å². The number of hydrogen-bond acceptors (Lipinski definition) is 4. The van der Waals surface area contributed by atoms with Crippen LogP contribution in [-0.4, -0.2) is 66.9 Å². The number of phenolic OH excluding ortho intramolecular Hbond substituents is 1. The molecule has 2 aromatic carbocycles. The molecule has 1 unspecified atom stereocenters. The number of carbonyl (C=O) groups is 1. The van der Waals surface area contributed by atoms with E-state index in [0.29, 0.717) is 0 Å². The molecule has 2 aromatic rings. The summed E-state index contributed by atoms with van der Waals surface area (Å²) in [7, 11) is 5.76. The average Bonchev–Trinajstić information content (AvgIpc) is 2.73. The van der Waals surface area contributed by atoms with Gasteiger partial charge in [-0.1, -0.05) is 25.1 Å². The van der Waals surface area contributed by atoms with Crippen LogP contribution in [0.2, 0.25) is 0 Å². The molecule has 2 N–H and O–H groups in total. The van der Waals surface area contributed by atoms with Crippen molar-refractivity contribution in [3.63, 3.8) is 0 Å². The van der Waals surface area contributed by atoms with Crippen LogP contribution < -0.4 is 5.32 Å². The van der Waals surface area contributed by atoms with Crippen molar-refractivity contribution < 1.29 is 9.90 Å². The van der Waals surface area contributed by atoms with Crippen LogP contribution in [0.5, 0.6) is 5.75 Å². The Morgan fingerprint density at radius 3 is 2.73 bits per heavy atom. The van der Waals surface area contributed by atoms with Gasteiger partial charge in [-0.15, -0.1) is 0 Å². The van der Waals surface area contributed by atoms with Crippen LogP contribution in [0.25, 0.3) is 0 Å². The number of anilines is 1. The van der Waals surface area contributed by atoms with Crippen LogP contribution in [0.3, 0.4) is 0 Å². The zero-order valence-corrected chi connectivity index (χ0v) is 18.1. The van der Waals surface area contributed by atoms with Gasteiger partial charge >= 0.3 is 6.03 Å². The normalized spacial score (nSPS) is 25.7. The zero-order chi connectivity index (χ0) is 21.5. The molecule has 1 fully saturated rings. The van der Waals surface area contributed by atoms with Crippen LogP contribution in [0.4, 0.5) is 10.5 Å². The molecule has 158 valence electrons. The summed E-state index contributed by atoms with van der Waals surface area (Å²) in [6.07, 6.45) is 3.59. The second-order valence-corrected chi connectivity index (χ2v) is 8.76. The van der Waals surface area contributed by atoms with Crippen LogP contribution >= 0.6 is 0 Å². The van der Waals surface area contributed by atoms with E-state index < -0.39 is 0 Å². The number of rotatable bonds is 3. The first-order chi connectivity index (χ1) is 14.3. The summed E-state index contributed by atoms with van der Waals surface area (Å²) >= 11 is 0. The maximum Gasteiger partial charge on any atom is 0.321 e. The summed E-state index contributed by atoms with van der Waals surface area (Å²) in [5, 5.41) is 13.2. The Kier molecular flexibility index (Phi) is 5.28. The molecular weight excluding hydrogens is 376 g/mol. The van der Waals surface area contributed by atoms with E-state index >= 15 is 0 Å². The van der Waals surface area contributed by atoms with Crippen LogP contribution in [0.1, 0.15) is 30.0 Å². The predicted octanol–water partition coefficient (Wildman–Crippen LogP) is 3.49. The van der Waals surface area contributed by atoms with E-state index in [1.807, 2.05) is 48.3 Å². The first kappa shape index (κ1) is 20.4. The van der Waals surface area contributed by atoms with E-state index in [0.717, 1.165) is 30.6 Å². The summed E-state index contributed by atoms with van der Waals surface area (Å²) in [6.45, 7) is 3.21. The van der Waals surface area contributed by atoms with Gasteiger partial charge < -0.3 is 20.2 Å². The quantitative estimate of drug-likeness (QED) is 0.767. The summed E-state index contributed by atoms with van der Waals surface area (Å²) in [6, 6.07) is 13.5. The van der Waals surface area contributed by atoms with Gasteiger partial charge in [-0.3, -0.25) is 4.99 Å². The topological polar surface area (TPSA) is 68.2 Å². The van der Waals surface area contributed by atoms with Gasteiger partial charge in [-0.2, -0.15) is 0 Å². The molecule has 3 atom stereocenters. The Morgan fingerprint density at radius 1 is 1.30 bits per heavy atom. The molecular formula is C24H30N4O2. The Balaban J connectivity index is 1.62. The Hall–Kier alpha value is -2.86. The minimum absolute atomic E-state index is 0.0112. The molecule has 1 aliphatic carbocycles. The third kappa shape index (κ3) is 3.45. The number of piperidine rings is 1. The van der Waals surface area contributed by atoms with Crippen molar-refractivity contribution in [1.29, 1.82) is 0 Å². The number of nitrogens with zero attached hydrogens (tertiary/aromatic N) is 3. The lowest BCUT2D eigenvalue weighted by Crippen LogP contribution is -2.67. The summed E-state index contributed by atoms with van der Waals surface area (Å²) in [5.41, 5.74) is 3.98. The number of benzene rings is 2. The number of hydrogen-bond donors (Lipinski definition) is 2. The number of urea groups is 1. The first-order valence-corrected chi connectivity index (χ1v) is 10.4. The minimum Gasteiger partial charge on any atom is -0.508 e. The number of likely N-dealkylation sites (N-methyl/N-ethyl adjacent to an activating group) is 2. The molecule has 4 rings (SSSR count). The van der Waals surface area contributed by atoms with Crippen molar-refractivity contribution in [2.24, 2.45) is 4.99 Å². The number of nitrogens with one attached hydrogen (secondary N) is 1. The van der Waals surface area contributed by atoms with Gasteiger partial charge in [0.05, 0.1) is 6.04 Å². The number of carbonyl (C=O) groups excluding carboxylic acids is 1. The molecule has 6 nitrogen and oxygen atoms in total. The fraction of sp³-hybridized carbons (Fsp3) is 0.417. The van der Waals surface area contributed by atoms with E-state index in [1.54, 1.807) is 19.3 Å². The number of likely N-dealkylation sites (tertiary alicyclic amines) is 1. The average molecular weight is 407 g/mol. The van der Waals surface area contributed by atoms with Crippen molar-refractivity contribution in [2.75, 3.05) is 33.0 Å². The van der Waals surface area contributed by atoms with Crippen molar-refractivity contribution in [3.05, 3.63) is 59.2 Å². The third-order valence-electron chi connectivity index (χ3n) is 6.88. The molecule has 1 aliphatic heterocycles. The van der Waals surface area contributed by atoms with E-state index in [1.165, 1.54) is 11.1 Å². The van der Waals surface area contributed by atoms with Gasteiger partial charge in [0.25, 0.3) is 0 Å². The van der Waals surface area contributed by atoms with Gasteiger partial charge in [0, 0.05) is 37.5 Å². The number of fused-ring (bicyclic) bond motifs is 4. The van der Waals surface area contributed by atoms with Crippen LogP contribution in [0, 0.1) is 0 Å². The van der Waals surface area contributed by atoms with E-state index in [-0.39, 0.29) is 29.3 Å². The predicted molar refractivity (Wildman–Crippen MR) is 121 cm³/mol. The molecule has 2 amide bonds. The second kappa shape index (κ2) is 7.76. The number of aliphatic imine (C=N–C) groups is 1. The smallest absolute Gasteiger partial charge is 0.321 e. The van der Waals surface area contributed by atoms with Crippen molar-refractivity contribution >= 4 is 17.9 Å². The van der Waals surface area contributed by atoms with E-state index in [9.17, 15) is 9.90 Å². The highest BCUT2D eigenvalue weighted by molar-refractivity contribution is 5.90. The van der Waals surface area contributed by atoms with Gasteiger partial charge in [-0.05, 0) is 67.4 Å². The van der Waals surface area contributed by atoms with Crippen LogP contribution in [0.15, 0.2) is 47.5 Å². The number of aromatic hydroxyl groups is 1. The lowest BCUT2D eigenvalue weighted by Gasteiger charge is -2.57. The Bertz CT molecular complexity index is 972. The Morgan fingerprint density at radius 2 is 2.03 bits per heavy atom. The molecule has 0 spiro atoms. The highest BCUT2D eigenvalue weighted by atomic mass is 16.3. The lowest BCUT2D eigenvalue weighted by atomic mass is 9.61. The molecule has 1 saturated heterocycles. The second-order valence-electron chi connectivity index (χ2n) is 8.76. The van der Waals surface area contributed by atoms with Crippen molar-refractivity contribution in [1.82, 2.24) is 9.80 Å². The Labute approximate surface area is 178 Å². The SMILES string of the molecule is C/N=C/c1ccc(NC(=O)N(C)[C@@H]2C3Cc4ccc(O)cc4[C@@]2(C)CCN3C)cc1. The summed E-state index contributed by atoms with van der Waals surface area (Å²) in [5.74, 6) is 0.286. The number of amides is 2. The standard InChI is InChI=1S/C24H30N4O2/c1-24-11-12-27(3)21(13-17-7-10-19(29)14-20(17)24)22(24)28(4)23(30)26-18-8-5-16(6-9-18)15-25-2/h5-10,14-15,21-22,29H,11-13H2,1-4H3,(H,26,30)/b25-15+/t21?,22-,24-/m1/s1. The van der Waals surface area contributed by atoms with E-state index in [2.05, 4.69) is 29.2 Å². The van der Waals surface area contributed by atoms with E-state index in [4.69, 9.17) is 0 Å². The lowest BCUT2D eigenvalue weighted by molar-refractivity contribution is 0.0213. The van der Waals surface area contributed by atoms with Gasteiger partial charge in [0.2, 0.25) is 0 Å². The molecule has 6 heteroatoms. The molecule has 2 bridgehead atoms. The molecule has 0 saturated carbocycles. The fourth-order valence-corrected chi connectivity index (χ4v) is 5.27. The maximum atomic E-state index is 13.2. The largest absolute Gasteiger partial charge is 0.508 e.